The van der Waals surface area contributed by atoms with Crippen LogP contribution in [0.5, 0.6) is 0 Å². The van der Waals surface area contributed by atoms with Crippen molar-refractivity contribution in [3.05, 3.63) is 34.9 Å². The van der Waals surface area contributed by atoms with Crippen molar-refractivity contribution in [2.24, 2.45) is 0 Å². The summed E-state index contributed by atoms with van der Waals surface area (Å²) in [5, 5.41) is 8.85. The zero-order valence-electron chi connectivity index (χ0n) is 12.8. The molecule has 0 aliphatic carbocycles. The summed E-state index contributed by atoms with van der Waals surface area (Å²) in [6, 6.07) is 5.83. The number of carbonyl (C=O) groups excluding carboxylic acids is 1. The van der Waals surface area contributed by atoms with Crippen LogP contribution in [0.2, 0.25) is 0 Å². The standard InChI is InChI=1S/C17H23NO3/c1-12-6-7-14(11-13(12)2)17(21)18-10-4-3-5-15(18)8-9-16(19)20/h6-7,11,15H,3-5,8-10H2,1-2H3,(H,19,20). The number of carbonyl (C=O) groups is 2. The molecule has 1 N–H and O–H groups in total. The van der Waals surface area contributed by atoms with Crippen molar-refractivity contribution < 1.29 is 14.7 Å². The number of carboxylic acid groups (broad SMARTS) is 1. The predicted molar refractivity (Wildman–Crippen MR) is 81.5 cm³/mol. The Balaban J connectivity index is 2.13. The van der Waals surface area contributed by atoms with Crippen LogP contribution >= 0.6 is 0 Å². The molecule has 4 nitrogen and oxygen atoms in total. The van der Waals surface area contributed by atoms with Crippen LogP contribution in [0.1, 0.15) is 53.6 Å². The Morgan fingerprint density at radius 2 is 2.00 bits per heavy atom. The summed E-state index contributed by atoms with van der Waals surface area (Å²) >= 11 is 0. The molecule has 0 bridgehead atoms. The summed E-state index contributed by atoms with van der Waals surface area (Å²) < 4.78 is 0. The van der Waals surface area contributed by atoms with Crippen molar-refractivity contribution in [3.8, 4) is 0 Å². The Hall–Kier alpha value is -1.84. The lowest BCUT2D eigenvalue weighted by Gasteiger charge is -2.36. The van der Waals surface area contributed by atoms with E-state index in [0.717, 1.165) is 31.4 Å². The van der Waals surface area contributed by atoms with Gasteiger partial charge in [-0.25, -0.2) is 0 Å². The largest absolute Gasteiger partial charge is 0.481 e. The Labute approximate surface area is 125 Å². The van der Waals surface area contributed by atoms with E-state index in [9.17, 15) is 9.59 Å². The van der Waals surface area contributed by atoms with E-state index in [4.69, 9.17) is 5.11 Å². The number of rotatable bonds is 4. The van der Waals surface area contributed by atoms with Gasteiger partial charge in [-0.15, -0.1) is 0 Å². The summed E-state index contributed by atoms with van der Waals surface area (Å²) in [5.41, 5.74) is 2.99. The lowest BCUT2D eigenvalue weighted by Crippen LogP contribution is -2.44. The molecule has 1 aliphatic rings. The average Bonchev–Trinajstić information content (AvgIpc) is 2.47. The molecule has 1 aromatic rings. The molecule has 1 fully saturated rings. The number of amides is 1. The Bertz CT molecular complexity index is 539. The van der Waals surface area contributed by atoms with Crippen LogP contribution in [-0.4, -0.2) is 34.5 Å². The molecule has 0 spiro atoms. The van der Waals surface area contributed by atoms with E-state index >= 15 is 0 Å². The molecule has 114 valence electrons. The van der Waals surface area contributed by atoms with Crippen LogP contribution in [0.25, 0.3) is 0 Å². The van der Waals surface area contributed by atoms with Gasteiger partial charge in [0.1, 0.15) is 0 Å². The van der Waals surface area contributed by atoms with Crippen LogP contribution in [-0.2, 0) is 4.79 Å². The fourth-order valence-corrected chi connectivity index (χ4v) is 2.90. The molecule has 2 rings (SSSR count). The van der Waals surface area contributed by atoms with Crippen molar-refractivity contribution in [1.29, 1.82) is 0 Å². The third-order valence-electron chi connectivity index (χ3n) is 4.33. The molecule has 1 atom stereocenters. The third kappa shape index (κ3) is 3.84. The fraction of sp³-hybridized carbons (Fsp3) is 0.529. The first-order valence-corrected chi connectivity index (χ1v) is 7.59. The summed E-state index contributed by atoms with van der Waals surface area (Å²) in [4.78, 5) is 25.3. The van der Waals surface area contributed by atoms with Crippen molar-refractivity contribution in [2.75, 3.05) is 6.54 Å². The molecule has 0 aromatic heterocycles. The molecule has 4 heteroatoms. The number of aliphatic carboxylic acids is 1. The van der Waals surface area contributed by atoms with Gasteiger partial charge >= 0.3 is 5.97 Å². The summed E-state index contributed by atoms with van der Waals surface area (Å²) in [5.74, 6) is -0.757. The van der Waals surface area contributed by atoms with Gasteiger partial charge in [-0.05, 0) is 62.8 Å². The van der Waals surface area contributed by atoms with Gasteiger partial charge in [0, 0.05) is 24.6 Å². The Morgan fingerprint density at radius 1 is 1.24 bits per heavy atom. The maximum absolute atomic E-state index is 12.7. The minimum Gasteiger partial charge on any atom is -0.481 e. The number of hydrogen-bond acceptors (Lipinski definition) is 2. The smallest absolute Gasteiger partial charge is 0.303 e. The quantitative estimate of drug-likeness (QED) is 0.926. The SMILES string of the molecule is Cc1ccc(C(=O)N2CCCCC2CCC(=O)O)cc1C. The van der Waals surface area contributed by atoms with E-state index in [1.54, 1.807) is 0 Å². The van der Waals surface area contributed by atoms with Gasteiger partial charge < -0.3 is 10.0 Å². The number of benzene rings is 1. The molecular formula is C17H23NO3. The van der Waals surface area contributed by atoms with Gasteiger partial charge in [0.2, 0.25) is 0 Å². The van der Waals surface area contributed by atoms with Crippen LogP contribution in [0.3, 0.4) is 0 Å². The number of aryl methyl sites for hydroxylation is 2. The zero-order valence-corrected chi connectivity index (χ0v) is 12.8. The zero-order chi connectivity index (χ0) is 15.4. The number of nitrogens with zero attached hydrogens (tertiary/aromatic N) is 1. The van der Waals surface area contributed by atoms with Gasteiger partial charge in [0.05, 0.1) is 0 Å². The van der Waals surface area contributed by atoms with Crippen molar-refractivity contribution in [3.63, 3.8) is 0 Å². The van der Waals surface area contributed by atoms with Gasteiger partial charge in [-0.2, -0.15) is 0 Å². The normalized spacial score (nSPS) is 18.6. The molecule has 0 saturated carbocycles. The van der Waals surface area contributed by atoms with E-state index in [1.807, 2.05) is 36.9 Å². The van der Waals surface area contributed by atoms with E-state index < -0.39 is 5.97 Å². The van der Waals surface area contributed by atoms with E-state index in [2.05, 4.69) is 0 Å². The minimum absolute atomic E-state index is 0.0354. The number of likely N-dealkylation sites (tertiary alicyclic amines) is 1. The highest BCUT2D eigenvalue weighted by atomic mass is 16.4. The van der Waals surface area contributed by atoms with Gasteiger partial charge in [0.25, 0.3) is 5.91 Å². The Kier molecular flexibility index (Phi) is 4.99. The molecule has 1 saturated heterocycles. The molecule has 1 unspecified atom stereocenters. The van der Waals surface area contributed by atoms with Crippen molar-refractivity contribution >= 4 is 11.9 Å². The topological polar surface area (TPSA) is 57.6 Å². The van der Waals surface area contributed by atoms with E-state index in [0.29, 0.717) is 12.0 Å². The van der Waals surface area contributed by atoms with Crippen molar-refractivity contribution in [2.45, 2.75) is 52.0 Å². The number of hydrogen-bond donors (Lipinski definition) is 1. The highest BCUT2D eigenvalue weighted by Crippen LogP contribution is 2.23. The molecular weight excluding hydrogens is 266 g/mol. The first kappa shape index (κ1) is 15.5. The molecule has 1 heterocycles. The highest BCUT2D eigenvalue weighted by Gasteiger charge is 2.27. The van der Waals surface area contributed by atoms with E-state index in [-0.39, 0.29) is 18.4 Å². The predicted octanol–water partition coefficient (Wildman–Crippen LogP) is 3.16. The monoisotopic (exact) mass is 289 g/mol. The summed E-state index contributed by atoms with van der Waals surface area (Å²) in [6.07, 6.45) is 3.65. The second-order valence-electron chi connectivity index (χ2n) is 5.88. The average molecular weight is 289 g/mol. The molecule has 1 amide bonds. The van der Waals surface area contributed by atoms with Gasteiger partial charge in [-0.1, -0.05) is 6.07 Å². The second-order valence-corrected chi connectivity index (χ2v) is 5.88. The van der Waals surface area contributed by atoms with Crippen LogP contribution < -0.4 is 0 Å². The van der Waals surface area contributed by atoms with Crippen molar-refractivity contribution in [1.82, 2.24) is 4.90 Å². The van der Waals surface area contributed by atoms with Crippen LogP contribution in [0, 0.1) is 13.8 Å². The first-order valence-electron chi connectivity index (χ1n) is 7.59. The fourth-order valence-electron chi connectivity index (χ4n) is 2.90. The maximum atomic E-state index is 12.7. The minimum atomic E-state index is -0.792. The Morgan fingerprint density at radius 3 is 2.67 bits per heavy atom. The number of piperidine rings is 1. The third-order valence-corrected chi connectivity index (χ3v) is 4.33. The van der Waals surface area contributed by atoms with Gasteiger partial charge in [-0.3, -0.25) is 9.59 Å². The van der Waals surface area contributed by atoms with E-state index in [1.165, 1.54) is 5.56 Å². The number of carboxylic acids is 1. The molecule has 1 aromatic carbocycles. The highest BCUT2D eigenvalue weighted by molar-refractivity contribution is 5.94. The van der Waals surface area contributed by atoms with Gasteiger partial charge in [0.15, 0.2) is 0 Å². The molecule has 21 heavy (non-hydrogen) atoms. The first-order chi connectivity index (χ1) is 9.99. The molecule has 0 radical (unpaired) electrons. The van der Waals surface area contributed by atoms with Crippen LogP contribution in [0.15, 0.2) is 18.2 Å². The summed E-state index contributed by atoms with van der Waals surface area (Å²) in [6.45, 7) is 4.76. The molecule has 1 aliphatic heterocycles. The van der Waals surface area contributed by atoms with Crippen LogP contribution in [0.4, 0.5) is 0 Å². The lowest BCUT2D eigenvalue weighted by molar-refractivity contribution is -0.137. The maximum Gasteiger partial charge on any atom is 0.303 e. The second kappa shape index (κ2) is 6.74. The summed E-state index contributed by atoms with van der Waals surface area (Å²) in [7, 11) is 0. The lowest BCUT2D eigenvalue weighted by atomic mass is 9.96.